The van der Waals surface area contributed by atoms with Gasteiger partial charge in [0.15, 0.2) is 5.00 Å². The highest BCUT2D eigenvalue weighted by Crippen LogP contribution is 2.35. The zero-order chi connectivity index (χ0) is 17.3. The van der Waals surface area contributed by atoms with E-state index in [0.717, 1.165) is 11.5 Å². The van der Waals surface area contributed by atoms with Crippen molar-refractivity contribution in [3.63, 3.8) is 0 Å². The summed E-state index contributed by atoms with van der Waals surface area (Å²) in [5.74, 6) is -1.01. The molecule has 0 saturated heterocycles. The number of fused-ring (bicyclic) bond motifs is 1. The van der Waals surface area contributed by atoms with Crippen LogP contribution in [-0.4, -0.2) is 20.4 Å². The molecule has 8 nitrogen and oxygen atoms in total. The molecule has 2 aromatic heterocycles. The van der Waals surface area contributed by atoms with Crippen LogP contribution in [0.5, 0.6) is 5.75 Å². The van der Waals surface area contributed by atoms with E-state index < -0.39 is 5.91 Å². The Bertz CT molecular complexity index is 1040. The third kappa shape index (κ3) is 2.76. The normalized spacial score (nSPS) is 11.0. The van der Waals surface area contributed by atoms with Crippen LogP contribution in [0, 0.1) is 11.3 Å². The minimum Gasteiger partial charge on any atom is -0.507 e. The van der Waals surface area contributed by atoms with Crippen molar-refractivity contribution in [2.24, 2.45) is 16.0 Å². The molecule has 0 atom stereocenters. The molecule has 0 saturated carbocycles. The highest BCUT2D eigenvalue weighted by Gasteiger charge is 2.14. The molecule has 0 unspecified atom stereocenters. The molecule has 3 aromatic rings. The van der Waals surface area contributed by atoms with Gasteiger partial charge in [-0.2, -0.15) is 9.64 Å². The molecule has 2 heterocycles. The van der Waals surface area contributed by atoms with Crippen LogP contribution in [0.4, 0.5) is 10.7 Å². The van der Waals surface area contributed by atoms with Gasteiger partial charge in [-0.25, -0.2) is 4.98 Å². The Kier molecular flexibility index (Phi) is 4.07. The fourth-order valence-electron chi connectivity index (χ4n) is 1.93. The number of hydrogen-bond acceptors (Lipinski definition) is 8. The van der Waals surface area contributed by atoms with Crippen molar-refractivity contribution in [3.8, 4) is 11.8 Å². The van der Waals surface area contributed by atoms with Gasteiger partial charge in [0.05, 0.1) is 16.6 Å². The average molecular weight is 359 g/mol. The Morgan fingerprint density at radius 2 is 2.21 bits per heavy atom. The highest BCUT2D eigenvalue weighted by atomic mass is 35.5. The molecule has 0 spiro atoms. The second-order valence-corrected chi connectivity index (χ2v) is 5.66. The molecule has 1 aromatic carbocycles. The van der Waals surface area contributed by atoms with Crippen molar-refractivity contribution in [2.75, 3.05) is 0 Å². The van der Waals surface area contributed by atoms with Gasteiger partial charge in [-0.3, -0.25) is 4.79 Å². The number of halogens is 1. The van der Waals surface area contributed by atoms with Gasteiger partial charge in [0.1, 0.15) is 28.1 Å². The van der Waals surface area contributed by atoms with Gasteiger partial charge in [-0.05, 0) is 29.7 Å². The summed E-state index contributed by atoms with van der Waals surface area (Å²) in [4.78, 5) is 15.1. The summed E-state index contributed by atoms with van der Waals surface area (Å²) in [6.07, 6.45) is 1.46. The number of nitrogens with zero attached hydrogens (tertiary/aromatic N) is 5. The number of azo groups is 1. The summed E-state index contributed by atoms with van der Waals surface area (Å²) in [7, 11) is 0. The lowest BCUT2D eigenvalue weighted by Gasteiger charge is -2.00. The SMILES string of the molecule is N#Cc1c(Cl)ncc2c(N=Nc3ccc(O)c(C(N)=O)c3)snc12. The first kappa shape index (κ1) is 15.8. The number of pyridine rings is 1. The predicted molar refractivity (Wildman–Crippen MR) is 87.9 cm³/mol. The zero-order valence-corrected chi connectivity index (χ0v) is 13.3. The van der Waals surface area contributed by atoms with Gasteiger partial charge < -0.3 is 10.8 Å². The van der Waals surface area contributed by atoms with Crippen LogP contribution in [0.15, 0.2) is 34.6 Å². The largest absolute Gasteiger partial charge is 0.507 e. The fourth-order valence-corrected chi connectivity index (χ4v) is 2.80. The molecule has 1 amide bonds. The number of rotatable bonds is 3. The van der Waals surface area contributed by atoms with E-state index in [0.29, 0.717) is 21.6 Å². The van der Waals surface area contributed by atoms with Crippen molar-refractivity contribution >= 4 is 50.6 Å². The maximum atomic E-state index is 11.2. The topological polar surface area (TPSA) is 138 Å². The second kappa shape index (κ2) is 6.19. The summed E-state index contributed by atoms with van der Waals surface area (Å²) in [6, 6.07) is 6.05. The van der Waals surface area contributed by atoms with Crippen molar-refractivity contribution in [1.82, 2.24) is 9.36 Å². The van der Waals surface area contributed by atoms with Gasteiger partial charge in [-0.15, -0.1) is 10.2 Å². The first-order valence-corrected chi connectivity index (χ1v) is 7.55. The highest BCUT2D eigenvalue weighted by molar-refractivity contribution is 7.11. The lowest BCUT2D eigenvalue weighted by Crippen LogP contribution is -2.10. The number of aromatic nitrogens is 2. The number of aromatic hydroxyl groups is 1. The molecule has 118 valence electrons. The molecule has 10 heteroatoms. The molecule has 3 N–H and O–H groups in total. The minimum atomic E-state index is -0.773. The number of amides is 1. The lowest BCUT2D eigenvalue weighted by molar-refractivity contribution is 0.0998. The third-order valence-corrected chi connectivity index (χ3v) is 4.11. The number of nitriles is 1. The van der Waals surface area contributed by atoms with Gasteiger partial charge in [-0.1, -0.05) is 11.6 Å². The van der Waals surface area contributed by atoms with Crippen molar-refractivity contribution < 1.29 is 9.90 Å². The number of benzene rings is 1. The van der Waals surface area contributed by atoms with Gasteiger partial charge in [0.2, 0.25) is 0 Å². The molecule has 0 bridgehead atoms. The standard InChI is InChI=1S/C14H7ClN6O2S/c15-12-8(4-16)11-9(5-18-12)14(24-21-11)20-19-6-1-2-10(22)7(3-6)13(17)23/h1-3,5,22H,(H2,17,23). The van der Waals surface area contributed by atoms with Crippen LogP contribution in [0.2, 0.25) is 5.15 Å². The number of carbonyl (C=O) groups is 1. The Morgan fingerprint density at radius 3 is 2.92 bits per heavy atom. The number of hydrogen-bond donors (Lipinski definition) is 2. The number of phenols is 1. The van der Waals surface area contributed by atoms with E-state index >= 15 is 0 Å². The van der Waals surface area contributed by atoms with Crippen LogP contribution < -0.4 is 5.73 Å². The lowest BCUT2D eigenvalue weighted by atomic mass is 10.2. The van der Waals surface area contributed by atoms with E-state index in [4.69, 9.17) is 22.6 Å². The Morgan fingerprint density at radius 1 is 1.42 bits per heavy atom. The Hall–Kier alpha value is -3.09. The Balaban J connectivity index is 2.02. The van der Waals surface area contributed by atoms with Crippen LogP contribution in [0.1, 0.15) is 15.9 Å². The van der Waals surface area contributed by atoms with Gasteiger partial charge in [0, 0.05) is 6.20 Å². The van der Waals surface area contributed by atoms with E-state index in [1.165, 1.54) is 24.4 Å². The summed E-state index contributed by atoms with van der Waals surface area (Å²) in [5, 5.41) is 27.8. The smallest absolute Gasteiger partial charge is 0.252 e. The minimum absolute atomic E-state index is 0.0548. The quantitative estimate of drug-likeness (QED) is 0.545. The third-order valence-electron chi connectivity index (χ3n) is 3.07. The summed E-state index contributed by atoms with van der Waals surface area (Å²) in [5.41, 5.74) is 6.01. The Labute approximate surface area is 144 Å². The van der Waals surface area contributed by atoms with Crippen molar-refractivity contribution in [2.45, 2.75) is 0 Å². The maximum Gasteiger partial charge on any atom is 0.252 e. The van der Waals surface area contributed by atoms with Crippen LogP contribution in [0.25, 0.3) is 10.9 Å². The molecular formula is C14H7ClN6O2S. The number of carbonyl (C=O) groups excluding carboxylic acids is 1. The number of primary amides is 1. The monoisotopic (exact) mass is 358 g/mol. The van der Waals surface area contributed by atoms with E-state index in [9.17, 15) is 9.90 Å². The molecule has 0 aliphatic rings. The van der Waals surface area contributed by atoms with Crippen molar-refractivity contribution in [3.05, 3.63) is 40.7 Å². The number of nitrogens with two attached hydrogens (primary N) is 1. The molecule has 0 aliphatic heterocycles. The second-order valence-electron chi connectivity index (χ2n) is 4.55. The molecule has 24 heavy (non-hydrogen) atoms. The molecule has 0 fully saturated rings. The van der Waals surface area contributed by atoms with E-state index in [1.54, 1.807) is 0 Å². The summed E-state index contributed by atoms with van der Waals surface area (Å²) >= 11 is 6.89. The van der Waals surface area contributed by atoms with E-state index in [1.807, 2.05) is 6.07 Å². The van der Waals surface area contributed by atoms with Crippen LogP contribution >= 0.6 is 23.1 Å². The zero-order valence-electron chi connectivity index (χ0n) is 11.8. The average Bonchev–Trinajstić information content (AvgIpc) is 2.97. The molecular weight excluding hydrogens is 352 g/mol. The van der Waals surface area contributed by atoms with Crippen LogP contribution in [0.3, 0.4) is 0 Å². The first-order chi connectivity index (χ1) is 11.5. The first-order valence-electron chi connectivity index (χ1n) is 6.40. The molecule has 3 rings (SSSR count). The maximum absolute atomic E-state index is 11.2. The fraction of sp³-hybridized carbons (Fsp3) is 0. The van der Waals surface area contributed by atoms with Gasteiger partial charge in [0.25, 0.3) is 5.91 Å². The van der Waals surface area contributed by atoms with Crippen LogP contribution in [-0.2, 0) is 0 Å². The summed E-state index contributed by atoms with van der Waals surface area (Å²) < 4.78 is 4.15. The molecule has 0 radical (unpaired) electrons. The van der Waals surface area contributed by atoms with E-state index in [2.05, 4.69) is 19.6 Å². The predicted octanol–water partition coefficient (Wildman–Crippen LogP) is 3.44. The van der Waals surface area contributed by atoms with E-state index in [-0.39, 0.29) is 22.0 Å². The summed E-state index contributed by atoms with van der Waals surface area (Å²) in [6.45, 7) is 0. The molecule has 0 aliphatic carbocycles. The van der Waals surface area contributed by atoms with Crippen molar-refractivity contribution in [1.29, 1.82) is 5.26 Å². The van der Waals surface area contributed by atoms with Gasteiger partial charge >= 0.3 is 0 Å².